The number of methoxy groups -OCH3 is 1. The molecule has 0 radical (unpaired) electrons. The summed E-state index contributed by atoms with van der Waals surface area (Å²) in [6.07, 6.45) is 0.664. The molecule has 0 fully saturated rings. The second-order valence-corrected chi connectivity index (χ2v) is 9.03. The first kappa shape index (κ1) is 30.7. The van der Waals surface area contributed by atoms with Crippen LogP contribution in [0.4, 0.5) is 21.6 Å². The van der Waals surface area contributed by atoms with Gasteiger partial charge in [-0.15, -0.1) is 0 Å². The van der Waals surface area contributed by atoms with Crippen molar-refractivity contribution in [1.82, 2.24) is 9.88 Å². The Bertz CT molecular complexity index is 1570. The highest BCUT2D eigenvalue weighted by Gasteiger charge is 2.24. The number of pyridine rings is 1. The van der Waals surface area contributed by atoms with E-state index in [9.17, 15) is 14.0 Å². The van der Waals surface area contributed by atoms with Gasteiger partial charge in [0.2, 0.25) is 0 Å². The van der Waals surface area contributed by atoms with Gasteiger partial charge >= 0.3 is 0 Å². The second-order valence-electron chi connectivity index (χ2n) is 9.03. The number of aryl methyl sites for hydroxylation is 1. The van der Waals surface area contributed by atoms with Crippen molar-refractivity contribution in [3.8, 4) is 17.2 Å². The Morgan fingerprint density at radius 1 is 1.00 bits per heavy atom. The van der Waals surface area contributed by atoms with Crippen LogP contribution in [0.3, 0.4) is 0 Å². The SMILES string of the molecule is CC.CCc1ccc(Nc2c(C(=O)NCc3ccc(OC)cc3)c(Oc3cccc(N)c3C)cc(=O)n2C)c(F)c1. The number of nitrogens with one attached hydrogen (secondary N) is 2. The number of benzene rings is 3. The minimum atomic E-state index is -0.522. The first-order valence-electron chi connectivity index (χ1n) is 13.4. The Kier molecular flexibility index (Phi) is 10.5. The van der Waals surface area contributed by atoms with Gasteiger partial charge in [-0.2, -0.15) is 0 Å². The average molecular weight is 561 g/mol. The summed E-state index contributed by atoms with van der Waals surface area (Å²) in [5.41, 5.74) is 8.54. The lowest BCUT2D eigenvalue weighted by molar-refractivity contribution is 0.0948. The Balaban J connectivity index is 0.00000226. The van der Waals surface area contributed by atoms with Crippen LogP contribution in [0, 0.1) is 12.7 Å². The monoisotopic (exact) mass is 560 g/mol. The van der Waals surface area contributed by atoms with E-state index in [1.54, 1.807) is 56.5 Å². The second kappa shape index (κ2) is 14.0. The highest BCUT2D eigenvalue weighted by molar-refractivity contribution is 6.02. The maximum absolute atomic E-state index is 15.0. The van der Waals surface area contributed by atoms with Crippen LogP contribution in [-0.2, 0) is 20.0 Å². The van der Waals surface area contributed by atoms with E-state index in [-0.39, 0.29) is 29.4 Å². The zero-order valence-electron chi connectivity index (χ0n) is 24.3. The molecule has 4 rings (SSSR count). The van der Waals surface area contributed by atoms with E-state index in [0.29, 0.717) is 29.2 Å². The molecule has 1 heterocycles. The molecule has 216 valence electrons. The maximum atomic E-state index is 15.0. The van der Waals surface area contributed by atoms with E-state index in [0.717, 1.165) is 11.1 Å². The van der Waals surface area contributed by atoms with Gasteiger partial charge in [0.1, 0.15) is 34.4 Å². The lowest BCUT2D eigenvalue weighted by Crippen LogP contribution is -2.29. The number of hydrogen-bond donors (Lipinski definition) is 3. The number of nitrogens with zero attached hydrogens (tertiary/aromatic N) is 1. The molecular weight excluding hydrogens is 523 g/mol. The van der Waals surface area contributed by atoms with E-state index in [4.69, 9.17) is 15.2 Å². The molecular formula is C32H37FN4O4. The van der Waals surface area contributed by atoms with Gasteiger partial charge in [0.15, 0.2) is 0 Å². The molecule has 0 atom stereocenters. The molecule has 0 saturated carbocycles. The predicted octanol–water partition coefficient (Wildman–Crippen LogP) is 6.48. The van der Waals surface area contributed by atoms with Gasteiger partial charge in [-0.1, -0.05) is 45.0 Å². The van der Waals surface area contributed by atoms with Gasteiger partial charge in [-0.3, -0.25) is 14.2 Å². The molecule has 0 aliphatic carbocycles. The molecule has 8 nitrogen and oxygen atoms in total. The number of rotatable bonds is 9. The third-order valence-electron chi connectivity index (χ3n) is 6.48. The molecule has 0 aliphatic heterocycles. The lowest BCUT2D eigenvalue weighted by Gasteiger charge is -2.20. The molecule has 4 aromatic rings. The van der Waals surface area contributed by atoms with Crippen LogP contribution in [0.15, 0.2) is 71.5 Å². The topological polar surface area (TPSA) is 108 Å². The normalized spacial score (nSPS) is 10.3. The standard InChI is InChI=1S/C30H31FN4O4.C2H6/c1-5-19-11-14-24(22(31)15-19)34-29-28(30(37)33-17-20-9-12-21(38-4)13-10-20)26(16-27(36)35(29)3)39-25-8-6-7-23(32)18(25)2;1-2/h6-16,34H,5,17,32H2,1-4H3,(H,33,37);1-2H3. The molecule has 41 heavy (non-hydrogen) atoms. The van der Waals surface area contributed by atoms with Crippen LogP contribution in [-0.4, -0.2) is 17.6 Å². The van der Waals surface area contributed by atoms with Gasteiger partial charge in [0, 0.05) is 30.9 Å². The average Bonchev–Trinajstić information content (AvgIpc) is 2.99. The predicted molar refractivity (Wildman–Crippen MR) is 162 cm³/mol. The van der Waals surface area contributed by atoms with Crippen molar-refractivity contribution in [3.63, 3.8) is 0 Å². The van der Waals surface area contributed by atoms with Crippen LogP contribution in [0.25, 0.3) is 0 Å². The number of carbonyl (C=O) groups excluding carboxylic acids is 1. The number of hydrogen-bond acceptors (Lipinski definition) is 6. The number of nitrogens with two attached hydrogens (primary N) is 1. The minimum Gasteiger partial charge on any atom is -0.497 e. The number of carbonyl (C=O) groups is 1. The van der Waals surface area contributed by atoms with Crippen LogP contribution >= 0.6 is 0 Å². The molecule has 0 unspecified atom stereocenters. The fourth-order valence-electron chi connectivity index (χ4n) is 4.00. The van der Waals surface area contributed by atoms with Crippen LogP contribution in [0.2, 0.25) is 0 Å². The van der Waals surface area contributed by atoms with E-state index >= 15 is 0 Å². The highest BCUT2D eigenvalue weighted by Crippen LogP contribution is 2.34. The smallest absolute Gasteiger partial charge is 0.259 e. The highest BCUT2D eigenvalue weighted by atomic mass is 19.1. The van der Waals surface area contributed by atoms with Crippen LogP contribution in [0.5, 0.6) is 17.2 Å². The van der Waals surface area contributed by atoms with Gasteiger partial charge in [0.05, 0.1) is 12.8 Å². The van der Waals surface area contributed by atoms with Crippen molar-refractivity contribution in [2.24, 2.45) is 7.05 Å². The summed E-state index contributed by atoms with van der Waals surface area (Å²) < 4.78 is 27.5. The fraction of sp³-hybridized carbons (Fsp3) is 0.250. The molecule has 0 saturated heterocycles. The fourth-order valence-corrected chi connectivity index (χ4v) is 4.00. The third kappa shape index (κ3) is 7.25. The number of anilines is 3. The third-order valence-corrected chi connectivity index (χ3v) is 6.48. The van der Waals surface area contributed by atoms with Crippen molar-refractivity contribution in [2.75, 3.05) is 18.2 Å². The first-order chi connectivity index (χ1) is 19.7. The summed E-state index contributed by atoms with van der Waals surface area (Å²) in [6.45, 7) is 7.90. The number of aromatic nitrogens is 1. The number of halogens is 1. The molecule has 1 amide bonds. The molecule has 0 aliphatic rings. The summed E-state index contributed by atoms with van der Waals surface area (Å²) in [6, 6.07) is 18.4. The van der Waals surface area contributed by atoms with Crippen LogP contribution < -0.4 is 31.4 Å². The Morgan fingerprint density at radius 2 is 1.68 bits per heavy atom. The summed E-state index contributed by atoms with van der Waals surface area (Å²) in [5.74, 6) is 0.132. The van der Waals surface area contributed by atoms with E-state index in [2.05, 4.69) is 10.6 Å². The summed E-state index contributed by atoms with van der Waals surface area (Å²) in [5, 5.41) is 5.83. The quantitative estimate of drug-likeness (QED) is 0.202. The molecule has 0 bridgehead atoms. The summed E-state index contributed by atoms with van der Waals surface area (Å²) >= 11 is 0. The zero-order chi connectivity index (χ0) is 30.1. The molecule has 1 aromatic heterocycles. The van der Waals surface area contributed by atoms with Crippen molar-refractivity contribution in [1.29, 1.82) is 0 Å². The van der Waals surface area contributed by atoms with Crippen molar-refractivity contribution >= 4 is 23.1 Å². The summed E-state index contributed by atoms with van der Waals surface area (Å²) in [4.78, 5) is 26.6. The number of nitrogen functional groups attached to an aromatic ring is 1. The van der Waals surface area contributed by atoms with E-state index < -0.39 is 17.3 Å². The van der Waals surface area contributed by atoms with Gasteiger partial charge in [-0.05, 0) is 60.9 Å². The molecule has 3 aromatic carbocycles. The van der Waals surface area contributed by atoms with Gasteiger partial charge in [0.25, 0.3) is 11.5 Å². The molecule has 0 spiro atoms. The van der Waals surface area contributed by atoms with Gasteiger partial charge in [-0.25, -0.2) is 4.39 Å². The largest absolute Gasteiger partial charge is 0.497 e. The molecule has 4 N–H and O–H groups in total. The van der Waals surface area contributed by atoms with Crippen molar-refractivity contribution < 1.29 is 18.7 Å². The van der Waals surface area contributed by atoms with Crippen LogP contribution in [0.1, 0.15) is 47.8 Å². The maximum Gasteiger partial charge on any atom is 0.259 e. The van der Waals surface area contributed by atoms with Gasteiger partial charge < -0.3 is 25.8 Å². The van der Waals surface area contributed by atoms with E-state index in [1.165, 1.54) is 23.7 Å². The minimum absolute atomic E-state index is 0.00659. The Morgan fingerprint density at radius 3 is 2.32 bits per heavy atom. The Hall–Kier alpha value is -4.79. The number of amides is 1. The van der Waals surface area contributed by atoms with E-state index in [1.807, 2.05) is 32.9 Å². The number of ether oxygens (including phenoxy) is 2. The molecule has 9 heteroatoms. The summed E-state index contributed by atoms with van der Waals surface area (Å²) in [7, 11) is 3.08. The Labute approximate surface area is 239 Å². The van der Waals surface area contributed by atoms with Crippen molar-refractivity contribution in [2.45, 2.75) is 40.7 Å². The van der Waals surface area contributed by atoms with Crippen molar-refractivity contribution in [3.05, 3.63) is 105 Å². The zero-order valence-corrected chi connectivity index (χ0v) is 24.3. The lowest BCUT2D eigenvalue weighted by atomic mass is 10.1. The first-order valence-corrected chi connectivity index (χ1v) is 13.4.